The number of ether oxygens (including phenoxy) is 1. The van der Waals surface area contributed by atoms with Gasteiger partial charge in [0.2, 0.25) is 5.91 Å². The molecule has 154 valence electrons. The van der Waals surface area contributed by atoms with E-state index in [1.54, 1.807) is 11.3 Å². The van der Waals surface area contributed by atoms with E-state index in [2.05, 4.69) is 16.3 Å². The Morgan fingerprint density at radius 3 is 2.90 bits per heavy atom. The molecule has 1 aromatic carbocycles. The molecule has 1 saturated heterocycles. The lowest BCUT2D eigenvalue weighted by Gasteiger charge is -2.28. The van der Waals surface area contributed by atoms with E-state index in [9.17, 15) is 9.59 Å². The first-order valence-electron chi connectivity index (χ1n) is 9.87. The molecule has 1 N–H and O–H groups in total. The van der Waals surface area contributed by atoms with Gasteiger partial charge in [0.05, 0.1) is 31.2 Å². The van der Waals surface area contributed by atoms with Crippen LogP contribution in [0.5, 0.6) is 0 Å². The lowest BCUT2D eigenvalue weighted by atomic mass is 10.1. The molecule has 0 spiro atoms. The van der Waals surface area contributed by atoms with E-state index in [4.69, 9.17) is 4.74 Å². The number of hydrogen-bond donors (Lipinski definition) is 1. The molecule has 0 bridgehead atoms. The summed E-state index contributed by atoms with van der Waals surface area (Å²) in [6.45, 7) is 5.77. The van der Waals surface area contributed by atoms with Gasteiger partial charge in [-0.3, -0.25) is 14.5 Å². The number of thiophene rings is 1. The minimum Gasteiger partial charge on any atom is -0.379 e. The normalized spacial score (nSPS) is 16.9. The zero-order chi connectivity index (χ0) is 20.1. The summed E-state index contributed by atoms with van der Waals surface area (Å²) < 4.78 is 5.41. The van der Waals surface area contributed by atoms with Gasteiger partial charge in [0.15, 0.2) is 0 Å². The molecule has 4 rings (SSSR count). The Kier molecular flexibility index (Phi) is 6.86. The van der Waals surface area contributed by atoms with Crippen LogP contribution in [0.25, 0.3) is 0 Å². The van der Waals surface area contributed by atoms with Crippen LogP contribution in [0.2, 0.25) is 0 Å². The summed E-state index contributed by atoms with van der Waals surface area (Å²) in [5, 5.41) is 4.92. The Bertz CT molecular complexity index is 851. The zero-order valence-electron chi connectivity index (χ0n) is 16.3. The zero-order valence-corrected chi connectivity index (χ0v) is 17.9. The third-order valence-electron chi connectivity index (χ3n) is 5.08. The lowest BCUT2D eigenvalue weighted by molar-refractivity contribution is -0.113. The largest absolute Gasteiger partial charge is 0.379 e. The molecule has 1 fully saturated rings. The summed E-state index contributed by atoms with van der Waals surface area (Å²) in [5.41, 5.74) is 1.36. The van der Waals surface area contributed by atoms with Gasteiger partial charge < -0.3 is 15.0 Å². The van der Waals surface area contributed by atoms with Crippen molar-refractivity contribution < 1.29 is 14.3 Å². The molecule has 2 aliphatic heterocycles. The molecule has 0 aliphatic carbocycles. The van der Waals surface area contributed by atoms with E-state index in [0.717, 1.165) is 49.9 Å². The summed E-state index contributed by atoms with van der Waals surface area (Å²) in [6, 6.07) is 9.70. The Morgan fingerprint density at radius 1 is 1.24 bits per heavy atom. The molecule has 6 nitrogen and oxygen atoms in total. The van der Waals surface area contributed by atoms with Gasteiger partial charge in [0.1, 0.15) is 0 Å². The van der Waals surface area contributed by atoms with Crippen LogP contribution in [0.4, 0.5) is 5.69 Å². The van der Waals surface area contributed by atoms with E-state index in [1.165, 1.54) is 16.6 Å². The topological polar surface area (TPSA) is 61.9 Å². The van der Waals surface area contributed by atoms with Crippen molar-refractivity contribution >= 4 is 40.6 Å². The van der Waals surface area contributed by atoms with Crippen LogP contribution in [0.15, 0.2) is 40.6 Å². The number of amides is 2. The van der Waals surface area contributed by atoms with Crippen LogP contribution in [-0.4, -0.2) is 66.8 Å². The average Bonchev–Trinajstić information content (AvgIpc) is 3.26. The van der Waals surface area contributed by atoms with Gasteiger partial charge in [-0.25, -0.2) is 0 Å². The predicted molar refractivity (Wildman–Crippen MR) is 117 cm³/mol. The van der Waals surface area contributed by atoms with Crippen LogP contribution in [0.3, 0.4) is 0 Å². The number of nitrogens with zero attached hydrogens (tertiary/aromatic N) is 2. The second kappa shape index (κ2) is 9.75. The van der Waals surface area contributed by atoms with E-state index >= 15 is 0 Å². The highest BCUT2D eigenvalue weighted by molar-refractivity contribution is 8.00. The molecule has 0 radical (unpaired) electrons. The van der Waals surface area contributed by atoms with Crippen LogP contribution in [0.1, 0.15) is 21.7 Å². The fourth-order valence-electron chi connectivity index (χ4n) is 3.55. The minimum atomic E-state index is -0.0203. The number of thioether (sulfide) groups is 1. The molecule has 0 saturated carbocycles. The molecular weight excluding hydrogens is 406 g/mol. The third-order valence-corrected chi connectivity index (χ3v) is 7.01. The van der Waals surface area contributed by atoms with Crippen molar-refractivity contribution in [3.63, 3.8) is 0 Å². The van der Waals surface area contributed by atoms with Crippen LogP contribution in [-0.2, 0) is 16.1 Å². The number of hydrogen-bond acceptors (Lipinski definition) is 6. The highest BCUT2D eigenvalue weighted by Gasteiger charge is 2.21. The maximum atomic E-state index is 13.3. The first kappa shape index (κ1) is 20.4. The molecule has 2 aliphatic rings. The van der Waals surface area contributed by atoms with Gasteiger partial charge in [-0.05, 0) is 36.1 Å². The molecule has 0 unspecified atom stereocenters. The summed E-state index contributed by atoms with van der Waals surface area (Å²) in [7, 11) is 0. The molecule has 2 amide bonds. The second-order valence-corrected chi connectivity index (χ2v) is 9.21. The molecule has 8 heteroatoms. The Hall–Kier alpha value is -1.87. The summed E-state index contributed by atoms with van der Waals surface area (Å²) >= 11 is 3.18. The maximum Gasteiger partial charge on any atom is 0.254 e. The number of benzene rings is 1. The summed E-state index contributed by atoms with van der Waals surface area (Å²) in [5.74, 6) is 0.410. The number of carbonyl (C=O) groups is 2. The summed E-state index contributed by atoms with van der Waals surface area (Å²) in [6.07, 6.45) is 0.925. The van der Waals surface area contributed by atoms with E-state index in [-0.39, 0.29) is 11.8 Å². The number of nitrogens with one attached hydrogen (secondary N) is 1. The van der Waals surface area contributed by atoms with Crippen LogP contribution >= 0.6 is 23.1 Å². The molecule has 29 heavy (non-hydrogen) atoms. The smallest absolute Gasteiger partial charge is 0.254 e. The highest BCUT2D eigenvalue weighted by atomic mass is 32.2. The van der Waals surface area contributed by atoms with E-state index in [1.807, 2.05) is 34.5 Å². The maximum absolute atomic E-state index is 13.3. The number of rotatable bonds is 7. The second-order valence-electron chi connectivity index (χ2n) is 7.16. The van der Waals surface area contributed by atoms with Crippen LogP contribution in [0, 0.1) is 0 Å². The minimum absolute atomic E-state index is 0.00741. The fraction of sp³-hybridized carbons (Fsp3) is 0.429. The van der Waals surface area contributed by atoms with Crippen molar-refractivity contribution in [2.24, 2.45) is 0 Å². The molecule has 0 atom stereocenters. The van der Waals surface area contributed by atoms with Gasteiger partial charge in [-0.2, -0.15) is 0 Å². The Morgan fingerprint density at radius 2 is 2.10 bits per heavy atom. The molecule has 3 heterocycles. The first-order chi connectivity index (χ1) is 14.2. The standard InChI is InChI=1S/C21H25N3O3S2/c25-20-15-29-19-5-4-16(13-18(19)22-20)21(26)24(14-17-3-1-12-28-17)7-2-6-23-8-10-27-11-9-23/h1,3-5,12-13H,2,6-11,14-15H2,(H,22,25). The fourth-order valence-corrected chi connectivity index (χ4v) is 5.06. The third kappa shape index (κ3) is 5.39. The number of anilines is 1. The number of fused-ring (bicyclic) bond motifs is 1. The van der Waals surface area contributed by atoms with Crippen molar-refractivity contribution in [1.82, 2.24) is 9.80 Å². The Labute approximate surface area is 179 Å². The van der Waals surface area contributed by atoms with Crippen molar-refractivity contribution in [1.29, 1.82) is 0 Å². The predicted octanol–water partition coefficient (Wildman–Crippen LogP) is 3.16. The molecule has 2 aromatic rings. The Balaban J connectivity index is 1.45. The van der Waals surface area contributed by atoms with Crippen molar-refractivity contribution in [3.8, 4) is 0 Å². The lowest BCUT2D eigenvalue weighted by Crippen LogP contribution is -2.39. The summed E-state index contributed by atoms with van der Waals surface area (Å²) in [4.78, 5) is 31.5. The van der Waals surface area contributed by atoms with E-state index < -0.39 is 0 Å². The highest BCUT2D eigenvalue weighted by Crippen LogP contribution is 2.32. The van der Waals surface area contributed by atoms with Crippen molar-refractivity contribution in [2.45, 2.75) is 17.9 Å². The average molecular weight is 432 g/mol. The van der Waals surface area contributed by atoms with Gasteiger partial charge >= 0.3 is 0 Å². The number of carbonyl (C=O) groups excluding carboxylic acids is 2. The van der Waals surface area contributed by atoms with E-state index in [0.29, 0.717) is 24.4 Å². The van der Waals surface area contributed by atoms with Crippen LogP contribution < -0.4 is 5.32 Å². The first-order valence-corrected chi connectivity index (χ1v) is 11.7. The van der Waals surface area contributed by atoms with Crippen molar-refractivity contribution in [2.75, 3.05) is 50.5 Å². The number of morpholine rings is 1. The molecule has 1 aromatic heterocycles. The van der Waals surface area contributed by atoms with Gasteiger partial charge in [0.25, 0.3) is 5.91 Å². The molecular formula is C21H25N3O3S2. The van der Waals surface area contributed by atoms with Gasteiger partial charge in [-0.1, -0.05) is 6.07 Å². The van der Waals surface area contributed by atoms with Gasteiger partial charge in [0, 0.05) is 41.5 Å². The SMILES string of the molecule is O=C1CSc2ccc(C(=O)N(CCCN3CCOCC3)Cc3cccs3)cc2N1. The van der Waals surface area contributed by atoms with Gasteiger partial charge in [-0.15, -0.1) is 23.1 Å². The monoisotopic (exact) mass is 431 g/mol. The van der Waals surface area contributed by atoms with Crippen molar-refractivity contribution in [3.05, 3.63) is 46.2 Å². The quantitative estimate of drug-likeness (QED) is 0.730.